The van der Waals surface area contributed by atoms with Gasteiger partial charge in [-0.1, -0.05) is 187 Å². The molecule has 2 saturated carbocycles. The van der Waals surface area contributed by atoms with Gasteiger partial charge in [0.1, 0.15) is 6.29 Å². The third-order valence-electron chi connectivity index (χ3n) is 25.7. The summed E-state index contributed by atoms with van der Waals surface area (Å²) in [5.74, 6) is 1.77. The highest BCUT2D eigenvalue weighted by Crippen LogP contribution is 2.42. The van der Waals surface area contributed by atoms with E-state index in [9.17, 15) is 24.3 Å². The zero-order valence-corrected chi connectivity index (χ0v) is 79.5. The zero-order valence-electron chi connectivity index (χ0n) is 77.5. The van der Waals surface area contributed by atoms with E-state index < -0.39 is 28.7 Å². The van der Waals surface area contributed by atoms with Crippen LogP contribution in [0.1, 0.15) is 224 Å². The highest BCUT2D eigenvalue weighted by atomic mass is 28.4. The SMILES string of the molecule is CC(C)(C)[Si](C)(C)OCC1=CCCC(CC=O)C1.CC(C)(C)[Si](C)(C)OCC1=CCCC(CCOCc2ccccc2)C1.COC(=O)C#N.COC(=O)C1=CCCC(CCOCc2ccccc2)C1.COC(=O)C1CC(CCOCc2ccccc2)CCC1O.OCC1=CCCC(Cc2cnc[nH]2)C1.c1ccc(COCCC2CCC3(CC2)OCCO3)cc1. The van der Waals surface area contributed by atoms with E-state index in [-0.39, 0.29) is 40.3 Å². The minimum absolute atomic E-state index is 0.181. The van der Waals surface area contributed by atoms with Crippen LogP contribution in [0.5, 0.6) is 0 Å². The van der Waals surface area contributed by atoms with Crippen LogP contribution in [-0.2, 0) is 104 Å². The van der Waals surface area contributed by atoms with Crippen molar-refractivity contribution in [1.82, 2.24) is 9.97 Å². The van der Waals surface area contributed by atoms with Crippen LogP contribution < -0.4 is 0 Å². The number of aromatic amines is 1. The van der Waals surface area contributed by atoms with E-state index in [4.69, 9.17) is 57.1 Å². The number of aliphatic hydroxyl groups excluding tert-OH is 2. The maximum absolute atomic E-state index is 11.6. The topological polar surface area (TPSA) is 263 Å². The van der Waals surface area contributed by atoms with E-state index in [0.29, 0.717) is 62.8 Å². The van der Waals surface area contributed by atoms with Gasteiger partial charge in [0.15, 0.2) is 28.5 Å². The number of benzene rings is 4. The Morgan fingerprint density at radius 3 is 1.35 bits per heavy atom. The van der Waals surface area contributed by atoms with E-state index in [0.717, 1.165) is 193 Å². The van der Waals surface area contributed by atoms with Crippen molar-refractivity contribution in [2.75, 3.05) is 80.8 Å². The van der Waals surface area contributed by atoms with Crippen LogP contribution in [0.3, 0.4) is 0 Å². The van der Waals surface area contributed by atoms with E-state index in [2.05, 4.69) is 161 Å². The molecule has 1 saturated heterocycles. The number of nitrogens with zero attached hydrogens (tertiary/aromatic N) is 2. The zero-order chi connectivity index (χ0) is 89.9. The molecule has 7 unspecified atom stereocenters. The third kappa shape index (κ3) is 41.6. The summed E-state index contributed by atoms with van der Waals surface area (Å²) in [4.78, 5) is 50.4. The third-order valence-corrected chi connectivity index (χ3v) is 34.6. The lowest BCUT2D eigenvalue weighted by Crippen LogP contribution is -2.41. The number of carbonyl (C=O) groups excluding carboxylic acids is 4. The van der Waals surface area contributed by atoms with E-state index >= 15 is 0 Å². The Kier molecular flexibility index (Phi) is 49.5. The maximum Gasteiger partial charge on any atom is 0.410 e. The average molecular weight is 1750 g/mol. The summed E-state index contributed by atoms with van der Waals surface area (Å²) in [6.45, 7) is 32.2. The normalized spacial score (nSPS) is 20.6. The van der Waals surface area contributed by atoms with Crippen molar-refractivity contribution in [1.29, 1.82) is 5.26 Å². The van der Waals surface area contributed by atoms with Crippen molar-refractivity contribution in [2.24, 2.45) is 41.4 Å². The van der Waals surface area contributed by atoms with Gasteiger partial charge in [-0.05, 0) is 252 Å². The molecule has 1 aliphatic heterocycles. The molecule has 22 heteroatoms. The van der Waals surface area contributed by atoms with Crippen LogP contribution in [0.15, 0.2) is 180 Å². The molecule has 20 nitrogen and oxygen atoms in total. The molecule has 0 bridgehead atoms. The summed E-state index contributed by atoms with van der Waals surface area (Å²) in [5.41, 5.74) is 11.0. The van der Waals surface area contributed by atoms with Crippen molar-refractivity contribution in [3.8, 4) is 6.07 Å². The first-order chi connectivity index (χ1) is 59.6. The van der Waals surface area contributed by atoms with Gasteiger partial charge in [-0.3, -0.25) is 4.79 Å². The molecule has 7 aliphatic rings. The van der Waals surface area contributed by atoms with Crippen molar-refractivity contribution in [3.63, 3.8) is 0 Å². The van der Waals surface area contributed by atoms with E-state index in [1.807, 2.05) is 72.9 Å². The van der Waals surface area contributed by atoms with Gasteiger partial charge in [0.25, 0.3) is 0 Å². The Morgan fingerprint density at radius 1 is 0.524 bits per heavy atom. The number of imidazole rings is 1. The van der Waals surface area contributed by atoms with Gasteiger partial charge in [-0.25, -0.2) is 14.6 Å². The number of esters is 3. The van der Waals surface area contributed by atoms with Gasteiger partial charge < -0.3 is 71.5 Å². The van der Waals surface area contributed by atoms with Gasteiger partial charge >= 0.3 is 17.9 Å². The fourth-order valence-corrected chi connectivity index (χ4v) is 17.7. The number of aldehydes is 1. The van der Waals surface area contributed by atoms with Crippen molar-refractivity contribution in [3.05, 3.63) is 208 Å². The molecule has 2 heterocycles. The molecule has 1 spiro atoms. The Bertz CT molecular complexity index is 3910. The molecule has 3 fully saturated rings. The molecule has 0 amide bonds. The minimum Gasteiger partial charge on any atom is -0.469 e. The van der Waals surface area contributed by atoms with Crippen molar-refractivity contribution >= 4 is 40.8 Å². The molecule has 6 aliphatic carbocycles. The molecule has 0 radical (unpaired) electrons. The van der Waals surface area contributed by atoms with E-state index in [1.165, 1.54) is 103 Å². The first-order valence-electron chi connectivity index (χ1n) is 45.7. The highest BCUT2D eigenvalue weighted by Gasteiger charge is 2.42. The Labute approximate surface area is 746 Å². The summed E-state index contributed by atoms with van der Waals surface area (Å²) in [7, 11) is 0.690. The number of aromatic nitrogens is 2. The molecule has 124 heavy (non-hydrogen) atoms. The van der Waals surface area contributed by atoms with Gasteiger partial charge in [0, 0.05) is 63.2 Å². The fraction of sp³-hybridized carbons (Fsp3) is 0.608. The van der Waals surface area contributed by atoms with Gasteiger partial charge in [-0.15, -0.1) is 0 Å². The largest absolute Gasteiger partial charge is 0.469 e. The number of hydrogen-bond donors (Lipinski definition) is 3. The quantitative estimate of drug-likeness (QED) is 0.00670. The summed E-state index contributed by atoms with van der Waals surface area (Å²) >= 11 is 0. The maximum atomic E-state index is 11.6. The number of nitrogens with one attached hydrogen (secondary N) is 1. The van der Waals surface area contributed by atoms with Crippen LogP contribution in [0.4, 0.5) is 0 Å². The van der Waals surface area contributed by atoms with Crippen molar-refractivity contribution in [2.45, 2.75) is 277 Å². The van der Waals surface area contributed by atoms with Crippen LogP contribution in [0.25, 0.3) is 0 Å². The molecule has 7 atom stereocenters. The summed E-state index contributed by atoms with van der Waals surface area (Å²) in [6, 6.07) is 42.3. The molecule has 686 valence electrons. The lowest BCUT2D eigenvalue weighted by Gasteiger charge is -2.37. The van der Waals surface area contributed by atoms with Crippen LogP contribution in [0.2, 0.25) is 36.3 Å². The summed E-state index contributed by atoms with van der Waals surface area (Å²) in [5, 5.41) is 27.1. The number of rotatable bonds is 33. The standard InChI is InChI=1S/C22H36O2Si.C17H24O4.C17H24O3.C17H22O3.C15H28O2Si.C11H16N2O.C3H3NO2/c1-22(2,3)25(4,5)24-18-21-13-9-12-19(16-21)14-15-23-17-20-10-7-6-8-11-20;1-20-17(19)15-11-13(7-8-16(15)18)9-10-21-12-14-5-3-2-4-6-14;1-2-4-16(5-3-1)14-18-11-8-15-6-9-17(10-7-15)19-12-13-20-17;1-19-17(18)16-9-5-8-14(12-16)10-11-20-13-15-6-3-2-4-7-15;1-15(2,3)18(4,5)17-12-14-8-6-7-13(11-14)9-10-16;14-7-10-3-1-2-9(4-10)5-11-6-12-8-13-11;1-6-3(5)2-4/h6-8,10-11,13,19H,9,12,14-18H2,1-5H3;2-6,13,15-16,18H,7-12H2,1H3;1-5,15H,6-14H2;2-4,6-7,9,14H,5,8,10-13H2,1H3;8,10,13H,6-7,9,11-12H2,1-5H3;3,6,8-9,14H,1-2,4-5,7H2,(H,12,13);1H3. The van der Waals surface area contributed by atoms with Gasteiger partial charge in [0.2, 0.25) is 0 Å². The van der Waals surface area contributed by atoms with Crippen LogP contribution >= 0.6 is 0 Å². The number of nitriles is 1. The second-order valence-corrected chi connectivity index (χ2v) is 46.8. The Balaban J connectivity index is 0.000000228. The van der Waals surface area contributed by atoms with Crippen LogP contribution in [-0.4, -0.2) is 154 Å². The second kappa shape index (κ2) is 58.2. The minimum atomic E-state index is -1.65. The summed E-state index contributed by atoms with van der Waals surface area (Å²) in [6.07, 6.45) is 39.1. The average Bonchev–Trinajstić information content (AvgIpc) is 1.02. The van der Waals surface area contributed by atoms with Gasteiger partial charge in [0.05, 0.1) is 99.1 Å². The Hall–Kier alpha value is -7.35. The number of H-pyrrole nitrogens is 1. The first kappa shape index (κ1) is 105. The molecule has 12 rings (SSSR count). The molecule has 5 aromatic rings. The highest BCUT2D eigenvalue weighted by molar-refractivity contribution is 6.74. The Morgan fingerprint density at radius 2 is 0.944 bits per heavy atom. The molecular weight excluding hydrogens is 1600 g/mol. The number of allylic oxidation sites excluding steroid dienone is 4. The predicted molar refractivity (Wildman–Crippen MR) is 496 cm³/mol. The fourth-order valence-electron chi connectivity index (χ4n) is 15.8. The second-order valence-electron chi connectivity index (χ2n) is 37.2. The predicted octanol–water partition coefficient (Wildman–Crippen LogP) is 21.6. The number of carbonyl (C=O) groups is 4. The number of aliphatic hydroxyl groups is 2. The first-order valence-corrected chi connectivity index (χ1v) is 51.5. The molecule has 3 N–H and O–H groups in total. The molecule has 1 aromatic heterocycles. The number of hydrogen-bond acceptors (Lipinski definition) is 19. The van der Waals surface area contributed by atoms with E-state index in [1.54, 1.807) is 6.33 Å². The lowest BCUT2D eigenvalue weighted by molar-refractivity contribution is -0.183. The summed E-state index contributed by atoms with van der Waals surface area (Å²) < 4.78 is 60.7. The lowest BCUT2D eigenvalue weighted by atomic mass is 9.78. The van der Waals surface area contributed by atoms with Crippen molar-refractivity contribution < 1.29 is 80.9 Å². The number of ether oxygens (including phenoxy) is 9. The monoisotopic (exact) mass is 1750 g/mol. The van der Waals surface area contributed by atoms with Crippen LogP contribution in [0, 0.1) is 52.8 Å². The molecular formula is C102H153N3O17Si2. The van der Waals surface area contributed by atoms with Gasteiger partial charge in [-0.2, -0.15) is 5.26 Å². The smallest absolute Gasteiger partial charge is 0.410 e. The molecule has 4 aromatic carbocycles. The number of methoxy groups -OCH3 is 3.